The highest BCUT2D eigenvalue weighted by molar-refractivity contribution is 5.33. The number of hydrogen-bond donors (Lipinski definition) is 0. The lowest BCUT2D eigenvalue weighted by molar-refractivity contribution is -0.431. The van der Waals surface area contributed by atoms with Crippen molar-refractivity contribution < 1.29 is 9.66 Å². The van der Waals surface area contributed by atoms with E-state index < -0.39 is 0 Å². The van der Waals surface area contributed by atoms with Crippen molar-refractivity contribution >= 4 is 0 Å². The molecule has 0 amide bonds. The van der Waals surface area contributed by atoms with Gasteiger partial charge in [0.05, 0.1) is 18.0 Å². The summed E-state index contributed by atoms with van der Waals surface area (Å²) in [6.07, 6.45) is 4.41. The summed E-state index contributed by atoms with van der Waals surface area (Å²) in [5, 5.41) is 11.0. The Kier molecular flexibility index (Phi) is 3.42. The summed E-state index contributed by atoms with van der Waals surface area (Å²) < 4.78 is 5.08. The van der Waals surface area contributed by atoms with Gasteiger partial charge in [-0.25, -0.2) is 0 Å². The largest absolute Gasteiger partial charge is 0.497 e. The molecule has 0 spiro atoms. The molecule has 4 heteroatoms. The fourth-order valence-electron chi connectivity index (χ4n) is 2.24. The van der Waals surface area contributed by atoms with Crippen LogP contribution in [0.5, 0.6) is 5.75 Å². The van der Waals surface area contributed by atoms with Crippen LogP contribution in [0, 0.1) is 10.1 Å². The lowest BCUT2D eigenvalue weighted by Gasteiger charge is -2.18. The van der Waals surface area contributed by atoms with Crippen molar-refractivity contribution in [2.24, 2.45) is 0 Å². The van der Waals surface area contributed by atoms with Gasteiger partial charge in [0.2, 0.25) is 5.70 Å². The summed E-state index contributed by atoms with van der Waals surface area (Å²) in [5.41, 5.74) is 1.33. The Labute approximate surface area is 100 Å². The average molecular weight is 233 g/mol. The molecule has 0 bridgehead atoms. The van der Waals surface area contributed by atoms with E-state index in [4.69, 9.17) is 4.74 Å². The van der Waals surface area contributed by atoms with Gasteiger partial charge in [-0.15, -0.1) is 0 Å². The minimum atomic E-state index is -0.256. The Morgan fingerprint density at radius 2 is 2.06 bits per heavy atom. The van der Waals surface area contributed by atoms with Gasteiger partial charge in [-0.2, -0.15) is 0 Å². The van der Waals surface area contributed by atoms with Gasteiger partial charge >= 0.3 is 0 Å². The summed E-state index contributed by atoms with van der Waals surface area (Å²) >= 11 is 0. The maximum atomic E-state index is 11.0. The smallest absolute Gasteiger partial charge is 0.249 e. The van der Waals surface area contributed by atoms with Crippen LogP contribution in [0.1, 0.15) is 30.7 Å². The molecule has 0 aromatic heterocycles. The molecule has 0 saturated heterocycles. The maximum absolute atomic E-state index is 11.0. The molecule has 0 unspecified atom stereocenters. The predicted octanol–water partition coefficient (Wildman–Crippen LogP) is 3.12. The third kappa shape index (κ3) is 2.46. The van der Waals surface area contributed by atoms with E-state index in [9.17, 15) is 10.1 Å². The number of ether oxygens (including phenoxy) is 1. The molecule has 0 N–H and O–H groups in total. The molecular weight excluding hydrogens is 218 g/mol. The van der Waals surface area contributed by atoms with Gasteiger partial charge in [0, 0.05) is 0 Å². The van der Waals surface area contributed by atoms with Crippen LogP contribution in [0.4, 0.5) is 0 Å². The Hall–Kier alpha value is -1.84. The van der Waals surface area contributed by atoms with Gasteiger partial charge in [0.15, 0.2) is 0 Å². The first-order valence-electron chi connectivity index (χ1n) is 5.71. The second-order valence-electron chi connectivity index (χ2n) is 4.14. The van der Waals surface area contributed by atoms with E-state index in [2.05, 4.69) is 0 Å². The van der Waals surface area contributed by atoms with E-state index in [1.165, 1.54) is 0 Å². The van der Waals surface area contributed by atoms with E-state index in [0.29, 0.717) is 5.70 Å². The number of allylic oxidation sites excluding steroid dienone is 2. The fraction of sp³-hybridized carbons (Fsp3) is 0.385. The minimum absolute atomic E-state index is 0.0790. The van der Waals surface area contributed by atoms with Crippen molar-refractivity contribution in [2.75, 3.05) is 7.11 Å². The quantitative estimate of drug-likeness (QED) is 0.595. The first-order chi connectivity index (χ1) is 8.22. The number of hydrogen-bond acceptors (Lipinski definition) is 3. The van der Waals surface area contributed by atoms with Crippen molar-refractivity contribution in [3.8, 4) is 5.75 Å². The normalized spacial score (nSPS) is 19.6. The summed E-state index contributed by atoms with van der Waals surface area (Å²) in [4.78, 5) is 10.7. The number of benzene rings is 1. The third-order valence-electron chi connectivity index (χ3n) is 3.14. The van der Waals surface area contributed by atoms with Crippen LogP contribution >= 0.6 is 0 Å². The Morgan fingerprint density at radius 3 is 2.65 bits per heavy atom. The van der Waals surface area contributed by atoms with Crippen molar-refractivity contribution in [3.05, 3.63) is 51.7 Å². The van der Waals surface area contributed by atoms with Gasteiger partial charge in [-0.1, -0.05) is 12.1 Å². The van der Waals surface area contributed by atoms with Crippen molar-refractivity contribution in [2.45, 2.75) is 25.2 Å². The number of nitrogens with zero attached hydrogens (tertiary/aromatic N) is 1. The second kappa shape index (κ2) is 4.99. The van der Waals surface area contributed by atoms with Gasteiger partial charge < -0.3 is 4.74 Å². The summed E-state index contributed by atoms with van der Waals surface area (Å²) in [7, 11) is 1.61. The zero-order valence-electron chi connectivity index (χ0n) is 9.76. The molecule has 1 aliphatic rings. The molecule has 0 radical (unpaired) electrons. The standard InChI is InChI=1S/C13H15NO3/c1-17-11-8-6-10(7-9-11)12-4-2-3-5-13(12)14(15)16/h5-9,12H,2-4H2,1H3/t12-/m1/s1. The predicted molar refractivity (Wildman–Crippen MR) is 64.7 cm³/mol. The first kappa shape index (κ1) is 11.6. The highest BCUT2D eigenvalue weighted by Crippen LogP contribution is 2.34. The first-order valence-corrected chi connectivity index (χ1v) is 5.71. The van der Waals surface area contributed by atoms with Crippen LogP contribution in [-0.2, 0) is 0 Å². The maximum Gasteiger partial charge on any atom is 0.249 e. The Morgan fingerprint density at radius 1 is 1.35 bits per heavy atom. The molecule has 17 heavy (non-hydrogen) atoms. The van der Waals surface area contributed by atoms with Gasteiger partial charge in [-0.3, -0.25) is 10.1 Å². The summed E-state index contributed by atoms with van der Waals surface area (Å²) in [5.74, 6) is 0.695. The highest BCUT2D eigenvalue weighted by atomic mass is 16.6. The molecule has 1 aromatic carbocycles. The minimum Gasteiger partial charge on any atom is -0.497 e. The van der Waals surface area contributed by atoms with E-state index in [1.54, 1.807) is 13.2 Å². The highest BCUT2D eigenvalue weighted by Gasteiger charge is 2.28. The second-order valence-corrected chi connectivity index (χ2v) is 4.14. The van der Waals surface area contributed by atoms with Crippen LogP contribution in [0.2, 0.25) is 0 Å². The Balaban J connectivity index is 2.28. The van der Waals surface area contributed by atoms with E-state index >= 15 is 0 Å². The molecule has 4 nitrogen and oxygen atoms in total. The van der Waals surface area contributed by atoms with Crippen LogP contribution in [0.25, 0.3) is 0 Å². The van der Waals surface area contributed by atoms with Gasteiger partial charge in [0.1, 0.15) is 5.75 Å². The zero-order valence-corrected chi connectivity index (χ0v) is 9.76. The molecular formula is C13H15NO3. The van der Waals surface area contributed by atoms with Gasteiger partial charge in [0.25, 0.3) is 0 Å². The number of nitro groups is 1. The molecule has 2 rings (SSSR count). The fourth-order valence-corrected chi connectivity index (χ4v) is 2.24. The molecule has 0 saturated carbocycles. The molecule has 90 valence electrons. The van der Waals surface area contributed by atoms with Gasteiger partial charge in [-0.05, 0) is 43.0 Å². The van der Waals surface area contributed by atoms with Crippen LogP contribution in [-0.4, -0.2) is 12.0 Å². The van der Waals surface area contributed by atoms with E-state index in [-0.39, 0.29) is 10.8 Å². The van der Waals surface area contributed by atoms with Crippen molar-refractivity contribution in [3.63, 3.8) is 0 Å². The van der Waals surface area contributed by atoms with Crippen LogP contribution in [0.15, 0.2) is 36.0 Å². The number of rotatable bonds is 3. The molecule has 1 atom stereocenters. The van der Waals surface area contributed by atoms with Crippen LogP contribution in [0.3, 0.4) is 0 Å². The molecule has 0 aliphatic heterocycles. The lowest BCUT2D eigenvalue weighted by atomic mass is 9.86. The van der Waals surface area contributed by atoms with E-state index in [1.807, 2.05) is 24.3 Å². The monoisotopic (exact) mass is 233 g/mol. The SMILES string of the molecule is COc1ccc([C@H]2CCCC=C2[N+](=O)[O-])cc1. The lowest BCUT2D eigenvalue weighted by Crippen LogP contribution is -2.13. The van der Waals surface area contributed by atoms with E-state index in [0.717, 1.165) is 30.6 Å². The van der Waals surface area contributed by atoms with Crippen molar-refractivity contribution in [1.82, 2.24) is 0 Å². The number of methoxy groups -OCH3 is 1. The molecule has 1 aliphatic carbocycles. The third-order valence-corrected chi connectivity index (χ3v) is 3.14. The summed E-state index contributed by atoms with van der Waals surface area (Å²) in [6.45, 7) is 0. The van der Waals surface area contributed by atoms with Crippen LogP contribution < -0.4 is 4.74 Å². The molecule has 0 heterocycles. The Bertz CT molecular complexity index is 436. The average Bonchev–Trinajstić information content (AvgIpc) is 2.39. The molecule has 1 aromatic rings. The summed E-state index contributed by atoms with van der Waals surface area (Å²) in [6, 6.07) is 7.52. The molecule has 0 fully saturated rings. The topological polar surface area (TPSA) is 52.4 Å². The zero-order chi connectivity index (χ0) is 12.3. The van der Waals surface area contributed by atoms with Crippen molar-refractivity contribution in [1.29, 1.82) is 0 Å².